The molecule has 0 bridgehead atoms. The Bertz CT molecular complexity index is 1030. The first-order valence-electron chi connectivity index (χ1n) is 8.86. The van der Waals surface area contributed by atoms with Crippen molar-refractivity contribution in [2.45, 2.75) is 24.2 Å². The number of halogens is 1. The van der Waals surface area contributed by atoms with Gasteiger partial charge in [-0.2, -0.15) is 0 Å². The predicted molar refractivity (Wildman–Crippen MR) is 105 cm³/mol. The SMILES string of the molecule is O=C(NCCc1ccc(Cl)cc1)C1=C2CCCN2c2ccccc2S1(=O)=O. The van der Waals surface area contributed by atoms with E-state index in [1.165, 1.54) is 0 Å². The second-order valence-corrected chi connectivity index (χ2v) is 8.93. The van der Waals surface area contributed by atoms with Crippen LogP contribution >= 0.6 is 11.6 Å². The third-order valence-electron chi connectivity index (χ3n) is 4.92. The van der Waals surface area contributed by atoms with Gasteiger partial charge < -0.3 is 10.2 Å². The Morgan fingerprint density at radius 2 is 1.85 bits per heavy atom. The second-order valence-electron chi connectivity index (χ2n) is 6.63. The number of nitrogens with one attached hydrogen (secondary N) is 1. The molecule has 2 aromatic carbocycles. The lowest BCUT2D eigenvalue weighted by Crippen LogP contribution is -2.36. The monoisotopic (exact) mass is 402 g/mol. The Morgan fingerprint density at radius 1 is 1.11 bits per heavy atom. The van der Waals surface area contributed by atoms with Crippen LogP contribution in [0, 0.1) is 0 Å². The van der Waals surface area contributed by atoms with Crippen molar-refractivity contribution in [2.75, 3.05) is 18.0 Å². The highest BCUT2D eigenvalue weighted by atomic mass is 35.5. The summed E-state index contributed by atoms with van der Waals surface area (Å²) in [5.74, 6) is -0.527. The van der Waals surface area contributed by atoms with Gasteiger partial charge in [0.1, 0.15) is 0 Å². The number of hydrogen-bond donors (Lipinski definition) is 1. The molecular formula is C20H19ClN2O3S. The highest BCUT2D eigenvalue weighted by molar-refractivity contribution is 7.96. The molecule has 27 heavy (non-hydrogen) atoms. The van der Waals surface area contributed by atoms with Gasteiger partial charge in [-0.25, -0.2) is 8.42 Å². The first-order chi connectivity index (χ1) is 13.0. The summed E-state index contributed by atoms with van der Waals surface area (Å²) in [6, 6.07) is 14.2. The van der Waals surface area contributed by atoms with E-state index >= 15 is 0 Å². The van der Waals surface area contributed by atoms with Gasteiger partial charge in [-0.15, -0.1) is 0 Å². The molecule has 140 valence electrons. The van der Waals surface area contributed by atoms with Gasteiger partial charge in [0.25, 0.3) is 5.91 Å². The van der Waals surface area contributed by atoms with Crippen molar-refractivity contribution in [3.8, 4) is 0 Å². The van der Waals surface area contributed by atoms with Crippen molar-refractivity contribution in [1.29, 1.82) is 0 Å². The fourth-order valence-corrected chi connectivity index (χ4v) is 5.55. The molecular weight excluding hydrogens is 384 g/mol. The zero-order valence-corrected chi connectivity index (χ0v) is 16.2. The number of rotatable bonds is 4. The van der Waals surface area contributed by atoms with Crippen LogP contribution in [0.4, 0.5) is 5.69 Å². The third-order valence-corrected chi connectivity index (χ3v) is 7.05. The van der Waals surface area contributed by atoms with Crippen molar-refractivity contribution in [1.82, 2.24) is 5.32 Å². The summed E-state index contributed by atoms with van der Waals surface area (Å²) in [6.07, 6.45) is 2.03. The lowest BCUT2D eigenvalue weighted by molar-refractivity contribution is -0.116. The van der Waals surface area contributed by atoms with Gasteiger partial charge in [0.2, 0.25) is 9.84 Å². The molecule has 1 N–H and O–H groups in total. The first kappa shape index (κ1) is 18.1. The zero-order chi connectivity index (χ0) is 19.0. The number of hydrogen-bond acceptors (Lipinski definition) is 4. The Balaban J connectivity index is 1.58. The second kappa shape index (κ2) is 7.02. The molecule has 2 aromatic rings. The summed E-state index contributed by atoms with van der Waals surface area (Å²) in [6.45, 7) is 1.08. The van der Waals surface area contributed by atoms with E-state index < -0.39 is 15.7 Å². The van der Waals surface area contributed by atoms with Crippen LogP contribution in [0.5, 0.6) is 0 Å². The molecule has 1 amide bonds. The van der Waals surface area contributed by atoms with Gasteiger partial charge >= 0.3 is 0 Å². The van der Waals surface area contributed by atoms with E-state index in [0.717, 1.165) is 18.5 Å². The summed E-state index contributed by atoms with van der Waals surface area (Å²) in [5.41, 5.74) is 2.30. The average Bonchev–Trinajstić information content (AvgIpc) is 3.12. The molecule has 5 nitrogen and oxygen atoms in total. The van der Waals surface area contributed by atoms with Crippen LogP contribution in [0.1, 0.15) is 18.4 Å². The van der Waals surface area contributed by atoms with E-state index in [4.69, 9.17) is 11.6 Å². The molecule has 0 radical (unpaired) electrons. The van der Waals surface area contributed by atoms with E-state index in [9.17, 15) is 13.2 Å². The van der Waals surface area contributed by atoms with Gasteiger partial charge in [-0.3, -0.25) is 4.79 Å². The van der Waals surface area contributed by atoms with Crippen molar-refractivity contribution >= 4 is 33.0 Å². The molecule has 2 aliphatic rings. The molecule has 2 heterocycles. The third kappa shape index (κ3) is 3.24. The summed E-state index contributed by atoms with van der Waals surface area (Å²) in [5, 5.41) is 3.43. The van der Waals surface area contributed by atoms with E-state index in [2.05, 4.69) is 5.32 Å². The number of sulfone groups is 1. The number of amides is 1. The quantitative estimate of drug-likeness (QED) is 0.852. The number of benzene rings is 2. The molecule has 1 saturated heterocycles. The zero-order valence-electron chi connectivity index (χ0n) is 14.6. The molecule has 0 aromatic heterocycles. The van der Waals surface area contributed by atoms with Crippen molar-refractivity contribution in [2.24, 2.45) is 0 Å². The maximum atomic E-state index is 13.1. The maximum Gasteiger partial charge on any atom is 0.265 e. The minimum absolute atomic E-state index is 0.102. The topological polar surface area (TPSA) is 66.5 Å². The smallest absolute Gasteiger partial charge is 0.265 e. The molecule has 7 heteroatoms. The van der Waals surface area contributed by atoms with Crippen LogP contribution in [0.2, 0.25) is 5.02 Å². The number of carbonyl (C=O) groups excluding carboxylic acids is 1. The van der Waals surface area contributed by atoms with Crippen LogP contribution in [-0.2, 0) is 21.1 Å². The fraction of sp³-hybridized carbons (Fsp3) is 0.250. The number of carbonyl (C=O) groups is 1. The summed E-state index contributed by atoms with van der Waals surface area (Å²) in [7, 11) is -3.83. The molecule has 4 rings (SSSR count). The molecule has 1 fully saturated rings. The number of allylic oxidation sites excluding steroid dienone is 1. The fourth-order valence-electron chi connectivity index (χ4n) is 3.65. The molecule has 0 atom stereocenters. The minimum atomic E-state index is -3.83. The van der Waals surface area contributed by atoms with E-state index in [1.807, 2.05) is 23.1 Å². The van der Waals surface area contributed by atoms with Gasteiger partial charge in [-0.05, 0) is 49.1 Å². The number of nitrogens with zero attached hydrogens (tertiary/aromatic N) is 1. The highest BCUT2D eigenvalue weighted by Gasteiger charge is 2.41. The van der Waals surface area contributed by atoms with Crippen molar-refractivity contribution in [3.05, 3.63) is 69.7 Å². The summed E-state index contributed by atoms with van der Waals surface area (Å²) >= 11 is 5.87. The van der Waals surface area contributed by atoms with Crippen LogP contribution in [0.25, 0.3) is 0 Å². The summed E-state index contributed by atoms with van der Waals surface area (Å²) in [4.78, 5) is 14.9. The van der Waals surface area contributed by atoms with Gasteiger partial charge in [0, 0.05) is 23.8 Å². The van der Waals surface area contributed by atoms with Crippen LogP contribution < -0.4 is 10.2 Å². The molecule has 0 unspecified atom stereocenters. The lowest BCUT2D eigenvalue weighted by Gasteiger charge is -2.29. The largest absolute Gasteiger partial charge is 0.351 e. The van der Waals surface area contributed by atoms with Gasteiger partial charge in [0.05, 0.1) is 10.6 Å². The number of fused-ring (bicyclic) bond motifs is 3. The molecule has 0 spiro atoms. The summed E-state index contributed by atoms with van der Waals surface area (Å²) < 4.78 is 26.2. The predicted octanol–water partition coefficient (Wildman–Crippen LogP) is 3.30. The normalized spacial score (nSPS) is 17.4. The van der Waals surface area contributed by atoms with E-state index in [0.29, 0.717) is 35.8 Å². The van der Waals surface area contributed by atoms with Crippen molar-refractivity contribution < 1.29 is 13.2 Å². The van der Waals surface area contributed by atoms with E-state index in [-0.39, 0.29) is 9.80 Å². The molecule has 2 aliphatic heterocycles. The number of para-hydroxylation sites is 1. The Morgan fingerprint density at radius 3 is 2.63 bits per heavy atom. The Hall–Kier alpha value is -2.31. The van der Waals surface area contributed by atoms with E-state index in [1.54, 1.807) is 30.3 Å². The molecule has 0 aliphatic carbocycles. The van der Waals surface area contributed by atoms with Crippen LogP contribution in [-0.4, -0.2) is 27.4 Å². The van der Waals surface area contributed by atoms with Crippen LogP contribution in [0.3, 0.4) is 0 Å². The minimum Gasteiger partial charge on any atom is -0.351 e. The highest BCUT2D eigenvalue weighted by Crippen LogP contribution is 2.42. The van der Waals surface area contributed by atoms with Crippen molar-refractivity contribution in [3.63, 3.8) is 0 Å². The van der Waals surface area contributed by atoms with Gasteiger partial charge in [0.15, 0.2) is 4.91 Å². The standard InChI is InChI=1S/C20H19ClN2O3S/c21-15-9-7-14(8-10-15)11-12-22-20(24)19-17-5-3-13-23(17)16-4-1-2-6-18(16)27(19,25)26/h1-2,4,6-10H,3,5,11-13H2,(H,22,24). The first-order valence-corrected chi connectivity index (χ1v) is 10.7. The average molecular weight is 403 g/mol. The molecule has 0 saturated carbocycles. The Kier molecular flexibility index (Phi) is 4.70. The maximum absolute atomic E-state index is 13.1. The lowest BCUT2D eigenvalue weighted by atomic mass is 10.1. The number of anilines is 1. The van der Waals surface area contributed by atoms with Crippen LogP contribution in [0.15, 0.2) is 64.0 Å². The van der Waals surface area contributed by atoms with Gasteiger partial charge in [-0.1, -0.05) is 35.9 Å². The Labute approximate surface area is 163 Å².